The Labute approximate surface area is 168 Å². The van der Waals surface area contributed by atoms with Gasteiger partial charge >= 0.3 is 11.8 Å². The Morgan fingerprint density at radius 3 is 2.29 bits per heavy atom. The molecule has 0 aromatic heterocycles. The number of anilines is 2. The zero-order valence-corrected chi connectivity index (χ0v) is 16.0. The second-order valence-electron chi connectivity index (χ2n) is 6.17. The van der Waals surface area contributed by atoms with E-state index < -0.39 is 11.8 Å². The second-order valence-corrected chi connectivity index (χ2v) is 6.60. The lowest BCUT2D eigenvalue weighted by atomic mass is 10.2. The summed E-state index contributed by atoms with van der Waals surface area (Å²) in [6.45, 7) is 2.27. The van der Waals surface area contributed by atoms with Gasteiger partial charge in [-0.3, -0.25) is 9.59 Å². The number of carbonyl (C=O) groups excluding carboxylic acids is 2. The van der Waals surface area contributed by atoms with Crippen molar-refractivity contribution in [2.45, 2.75) is 13.5 Å². The summed E-state index contributed by atoms with van der Waals surface area (Å²) < 4.78 is 5.70. The second kappa shape index (κ2) is 9.06. The number of benzene rings is 3. The summed E-state index contributed by atoms with van der Waals surface area (Å²) in [7, 11) is 0. The first-order chi connectivity index (χ1) is 13.5. The highest BCUT2D eigenvalue weighted by molar-refractivity contribution is 6.43. The van der Waals surface area contributed by atoms with Crippen molar-refractivity contribution >= 4 is 34.8 Å². The topological polar surface area (TPSA) is 67.4 Å². The van der Waals surface area contributed by atoms with Crippen LogP contribution in [0.25, 0.3) is 0 Å². The minimum absolute atomic E-state index is 0.452. The van der Waals surface area contributed by atoms with E-state index in [1.54, 1.807) is 42.5 Å². The highest BCUT2D eigenvalue weighted by Crippen LogP contribution is 2.20. The molecule has 3 aromatic carbocycles. The van der Waals surface area contributed by atoms with E-state index in [0.717, 1.165) is 11.1 Å². The molecule has 0 atom stereocenters. The lowest BCUT2D eigenvalue weighted by Gasteiger charge is -2.10. The van der Waals surface area contributed by atoms with E-state index in [0.29, 0.717) is 28.8 Å². The quantitative estimate of drug-likeness (QED) is 0.610. The van der Waals surface area contributed by atoms with Crippen LogP contribution in [0.4, 0.5) is 11.4 Å². The molecule has 0 fully saturated rings. The van der Waals surface area contributed by atoms with Gasteiger partial charge in [0.25, 0.3) is 0 Å². The zero-order chi connectivity index (χ0) is 19.9. The van der Waals surface area contributed by atoms with E-state index in [1.807, 2.05) is 37.3 Å². The van der Waals surface area contributed by atoms with E-state index in [4.69, 9.17) is 16.3 Å². The number of hydrogen-bond donors (Lipinski definition) is 2. The summed E-state index contributed by atoms with van der Waals surface area (Å²) in [5.41, 5.74) is 2.87. The molecule has 0 aliphatic heterocycles. The van der Waals surface area contributed by atoms with E-state index in [1.165, 1.54) is 0 Å². The predicted octanol–water partition coefficient (Wildman–Crippen LogP) is 4.80. The Morgan fingerprint density at radius 1 is 0.893 bits per heavy atom. The van der Waals surface area contributed by atoms with Gasteiger partial charge in [0.2, 0.25) is 0 Å². The number of rotatable bonds is 5. The Hall–Kier alpha value is -3.31. The van der Waals surface area contributed by atoms with Gasteiger partial charge in [-0.1, -0.05) is 48.0 Å². The normalized spacial score (nSPS) is 10.2. The van der Waals surface area contributed by atoms with Gasteiger partial charge in [0.1, 0.15) is 12.4 Å². The Morgan fingerprint density at radius 2 is 1.57 bits per heavy atom. The number of amides is 2. The first kappa shape index (κ1) is 19.5. The number of ether oxygens (including phenoxy) is 1. The van der Waals surface area contributed by atoms with E-state index in [2.05, 4.69) is 10.6 Å². The molecule has 0 saturated heterocycles. The van der Waals surface area contributed by atoms with Crippen molar-refractivity contribution in [1.29, 1.82) is 0 Å². The lowest BCUT2D eigenvalue weighted by Crippen LogP contribution is -2.29. The van der Waals surface area contributed by atoms with Gasteiger partial charge in [-0.2, -0.15) is 0 Å². The zero-order valence-electron chi connectivity index (χ0n) is 15.2. The van der Waals surface area contributed by atoms with Gasteiger partial charge in [-0.05, 0) is 54.4 Å². The van der Waals surface area contributed by atoms with Crippen LogP contribution in [0.5, 0.6) is 5.75 Å². The lowest BCUT2D eigenvalue weighted by molar-refractivity contribution is -0.133. The van der Waals surface area contributed by atoms with Crippen LogP contribution < -0.4 is 15.4 Å². The van der Waals surface area contributed by atoms with Gasteiger partial charge in [-0.25, -0.2) is 0 Å². The van der Waals surface area contributed by atoms with Crippen molar-refractivity contribution in [3.8, 4) is 5.75 Å². The van der Waals surface area contributed by atoms with Crippen LogP contribution in [0.3, 0.4) is 0 Å². The highest BCUT2D eigenvalue weighted by atomic mass is 35.5. The van der Waals surface area contributed by atoms with Crippen molar-refractivity contribution < 1.29 is 14.3 Å². The van der Waals surface area contributed by atoms with Crippen LogP contribution in [0.15, 0.2) is 72.8 Å². The van der Waals surface area contributed by atoms with Crippen molar-refractivity contribution in [3.63, 3.8) is 0 Å². The Bertz CT molecular complexity index is 973. The Balaban J connectivity index is 1.55. The number of aryl methyl sites for hydroxylation is 1. The summed E-state index contributed by atoms with van der Waals surface area (Å²) in [6.07, 6.45) is 0. The third-order valence-electron chi connectivity index (χ3n) is 4.01. The summed E-state index contributed by atoms with van der Waals surface area (Å²) in [6, 6.07) is 21.7. The smallest absolute Gasteiger partial charge is 0.314 e. The molecule has 2 amide bonds. The first-order valence-corrected chi connectivity index (χ1v) is 9.04. The maximum atomic E-state index is 12.1. The number of hydrogen-bond acceptors (Lipinski definition) is 3. The maximum absolute atomic E-state index is 12.1. The van der Waals surface area contributed by atoms with E-state index in [-0.39, 0.29) is 0 Å². The minimum atomic E-state index is -0.769. The molecule has 28 heavy (non-hydrogen) atoms. The molecule has 0 saturated carbocycles. The van der Waals surface area contributed by atoms with E-state index in [9.17, 15) is 9.59 Å². The van der Waals surface area contributed by atoms with Crippen LogP contribution in [0.2, 0.25) is 5.02 Å². The SMILES string of the molecule is Cc1ccc(Cl)cc1NC(=O)C(=O)Nc1ccc(OCc2ccccc2)cc1. The van der Waals surface area contributed by atoms with Crippen molar-refractivity contribution in [2.75, 3.05) is 10.6 Å². The highest BCUT2D eigenvalue weighted by Gasteiger charge is 2.15. The molecule has 0 unspecified atom stereocenters. The summed E-state index contributed by atoms with van der Waals surface area (Å²) >= 11 is 5.93. The van der Waals surface area contributed by atoms with Crippen molar-refractivity contribution in [2.24, 2.45) is 0 Å². The molecule has 3 aromatic rings. The molecule has 6 heteroatoms. The molecule has 5 nitrogen and oxygen atoms in total. The number of halogens is 1. The van der Waals surface area contributed by atoms with Crippen LogP contribution in [0.1, 0.15) is 11.1 Å². The van der Waals surface area contributed by atoms with Gasteiger partial charge in [-0.15, -0.1) is 0 Å². The largest absolute Gasteiger partial charge is 0.489 e. The monoisotopic (exact) mass is 394 g/mol. The summed E-state index contributed by atoms with van der Waals surface area (Å²) in [4.78, 5) is 24.2. The maximum Gasteiger partial charge on any atom is 0.314 e. The fraction of sp³-hybridized carbons (Fsp3) is 0.0909. The van der Waals surface area contributed by atoms with Crippen molar-refractivity contribution in [3.05, 3.63) is 88.9 Å². The predicted molar refractivity (Wildman–Crippen MR) is 111 cm³/mol. The standard InChI is InChI=1S/C22H19ClN2O3/c1-15-7-8-17(23)13-20(15)25-22(27)21(26)24-18-9-11-19(12-10-18)28-14-16-5-3-2-4-6-16/h2-13H,14H2,1H3,(H,24,26)(H,25,27). The molecule has 142 valence electrons. The van der Waals surface area contributed by atoms with Gasteiger partial charge in [0.05, 0.1) is 0 Å². The van der Waals surface area contributed by atoms with Gasteiger partial charge < -0.3 is 15.4 Å². The van der Waals surface area contributed by atoms with Gasteiger partial charge in [0, 0.05) is 16.4 Å². The molecule has 0 aliphatic carbocycles. The molecule has 0 spiro atoms. The fourth-order valence-corrected chi connectivity index (χ4v) is 2.64. The molecule has 0 bridgehead atoms. The van der Waals surface area contributed by atoms with E-state index >= 15 is 0 Å². The Kier molecular flexibility index (Phi) is 6.29. The van der Waals surface area contributed by atoms with Crippen molar-refractivity contribution in [1.82, 2.24) is 0 Å². The summed E-state index contributed by atoms with van der Waals surface area (Å²) in [5, 5.41) is 5.60. The van der Waals surface area contributed by atoms with Crippen LogP contribution in [-0.2, 0) is 16.2 Å². The average Bonchev–Trinajstić information content (AvgIpc) is 2.71. The van der Waals surface area contributed by atoms with Crippen LogP contribution in [-0.4, -0.2) is 11.8 Å². The average molecular weight is 395 g/mol. The molecule has 2 N–H and O–H groups in total. The molecule has 0 radical (unpaired) electrons. The van der Waals surface area contributed by atoms with Crippen LogP contribution >= 0.6 is 11.6 Å². The first-order valence-electron chi connectivity index (χ1n) is 8.66. The molecule has 0 heterocycles. The third-order valence-corrected chi connectivity index (χ3v) is 4.25. The molecule has 3 rings (SSSR count). The minimum Gasteiger partial charge on any atom is -0.489 e. The molecular formula is C22H19ClN2O3. The number of nitrogens with one attached hydrogen (secondary N) is 2. The fourth-order valence-electron chi connectivity index (χ4n) is 2.47. The van der Waals surface area contributed by atoms with Gasteiger partial charge in [0.15, 0.2) is 0 Å². The summed E-state index contributed by atoms with van der Waals surface area (Å²) in [5.74, 6) is -0.868. The van der Waals surface area contributed by atoms with Crippen LogP contribution in [0, 0.1) is 6.92 Å². The third kappa shape index (κ3) is 5.34. The number of carbonyl (C=O) groups is 2. The molecular weight excluding hydrogens is 376 g/mol. The molecule has 0 aliphatic rings.